The standard InChI is InChI=1S/C45H80O7/c1-4-5-6-7-8-9-10-18-21-24-27-30-34-42(47)43(48)35-32-37-45(50)52-39-41(46)38-51-44(49)36-31-28-25-22-19-16-14-12-11-13-15-17-20-23-26-29-33-40(2)3/h5-6,8-9,18,21,27,30,40-43,46-48H,4,7,10-17,19-20,22-26,28-29,31-39H2,1-3H3/b6-5-,9-8-,21-18-,30-27-/t41-,42-,43-/m0/s1. The van der Waals surface area contributed by atoms with Crippen molar-refractivity contribution in [1.82, 2.24) is 0 Å². The van der Waals surface area contributed by atoms with Crippen molar-refractivity contribution in [3.63, 3.8) is 0 Å². The summed E-state index contributed by atoms with van der Waals surface area (Å²) in [6.45, 7) is 6.30. The molecule has 0 aliphatic rings. The molecule has 0 unspecified atom stereocenters. The van der Waals surface area contributed by atoms with E-state index in [0.29, 0.717) is 19.3 Å². The molecule has 0 bridgehead atoms. The van der Waals surface area contributed by atoms with Crippen LogP contribution in [0.3, 0.4) is 0 Å². The zero-order chi connectivity index (χ0) is 38.3. The van der Waals surface area contributed by atoms with E-state index >= 15 is 0 Å². The summed E-state index contributed by atoms with van der Waals surface area (Å²) in [7, 11) is 0. The Labute approximate surface area is 319 Å². The Hall–Kier alpha value is -2.22. The first-order valence-corrected chi connectivity index (χ1v) is 21.2. The normalized spacial score (nSPS) is 14.0. The average Bonchev–Trinajstić information content (AvgIpc) is 3.12. The van der Waals surface area contributed by atoms with Crippen LogP contribution in [-0.2, 0) is 19.1 Å². The second kappa shape index (κ2) is 38.5. The van der Waals surface area contributed by atoms with Crippen LogP contribution in [0.25, 0.3) is 0 Å². The van der Waals surface area contributed by atoms with Gasteiger partial charge in [-0.05, 0) is 57.3 Å². The summed E-state index contributed by atoms with van der Waals surface area (Å²) in [6.07, 6.45) is 40.7. The number of rotatable bonds is 37. The van der Waals surface area contributed by atoms with Crippen LogP contribution in [0.4, 0.5) is 0 Å². The summed E-state index contributed by atoms with van der Waals surface area (Å²) in [5, 5.41) is 30.4. The van der Waals surface area contributed by atoms with Crippen molar-refractivity contribution in [2.75, 3.05) is 13.2 Å². The van der Waals surface area contributed by atoms with Gasteiger partial charge in [0.25, 0.3) is 0 Å². The van der Waals surface area contributed by atoms with Gasteiger partial charge in [-0.3, -0.25) is 9.59 Å². The molecule has 0 aliphatic heterocycles. The van der Waals surface area contributed by atoms with Crippen molar-refractivity contribution in [3.05, 3.63) is 48.6 Å². The molecule has 0 amide bonds. The number of allylic oxidation sites excluding steroid dienone is 7. The summed E-state index contributed by atoms with van der Waals surface area (Å²) in [6, 6.07) is 0. The van der Waals surface area contributed by atoms with Crippen LogP contribution in [0.15, 0.2) is 48.6 Å². The Morgan fingerprint density at radius 3 is 1.31 bits per heavy atom. The summed E-state index contributed by atoms with van der Waals surface area (Å²) < 4.78 is 10.2. The lowest BCUT2D eigenvalue weighted by atomic mass is 10.0. The van der Waals surface area contributed by atoms with Crippen LogP contribution >= 0.6 is 0 Å². The summed E-state index contributed by atoms with van der Waals surface area (Å²) >= 11 is 0. The summed E-state index contributed by atoms with van der Waals surface area (Å²) in [4.78, 5) is 24.0. The van der Waals surface area contributed by atoms with Gasteiger partial charge in [0.05, 0.1) is 12.2 Å². The fourth-order valence-corrected chi connectivity index (χ4v) is 5.89. The maximum absolute atomic E-state index is 12.0. The van der Waals surface area contributed by atoms with Gasteiger partial charge in [0.15, 0.2) is 0 Å². The first-order chi connectivity index (χ1) is 25.3. The lowest BCUT2D eigenvalue weighted by molar-refractivity contribution is -0.152. The fourth-order valence-electron chi connectivity index (χ4n) is 5.89. The number of carbonyl (C=O) groups is 2. The van der Waals surface area contributed by atoms with Crippen molar-refractivity contribution < 1.29 is 34.4 Å². The minimum absolute atomic E-state index is 0.0687. The van der Waals surface area contributed by atoms with E-state index in [1.165, 1.54) is 89.9 Å². The molecule has 52 heavy (non-hydrogen) atoms. The van der Waals surface area contributed by atoms with Gasteiger partial charge in [0, 0.05) is 12.8 Å². The highest BCUT2D eigenvalue weighted by molar-refractivity contribution is 5.69. The molecule has 0 aliphatic carbocycles. The van der Waals surface area contributed by atoms with Gasteiger partial charge in [-0.2, -0.15) is 0 Å². The second-order valence-corrected chi connectivity index (χ2v) is 14.9. The highest BCUT2D eigenvalue weighted by Crippen LogP contribution is 2.16. The molecule has 0 saturated carbocycles. The van der Waals surface area contributed by atoms with Crippen molar-refractivity contribution >= 4 is 11.9 Å². The SMILES string of the molecule is CC/C=C\C/C=C\C/C=C\C/C=C\C[C@H](O)[C@@H](O)CCCC(=O)OC[C@@H](O)COC(=O)CCCCCCCCCCCCCCCCCCC(C)C. The maximum Gasteiger partial charge on any atom is 0.305 e. The smallest absolute Gasteiger partial charge is 0.305 e. The largest absolute Gasteiger partial charge is 0.463 e. The maximum atomic E-state index is 12.0. The molecule has 0 spiro atoms. The third-order valence-corrected chi connectivity index (χ3v) is 9.21. The van der Waals surface area contributed by atoms with Crippen molar-refractivity contribution in [2.45, 2.75) is 206 Å². The molecule has 7 heteroatoms. The molecule has 3 N–H and O–H groups in total. The van der Waals surface area contributed by atoms with Crippen LogP contribution < -0.4 is 0 Å². The Balaban J connectivity index is 3.63. The molecule has 7 nitrogen and oxygen atoms in total. The van der Waals surface area contributed by atoms with Gasteiger partial charge >= 0.3 is 11.9 Å². The number of esters is 2. The number of unbranched alkanes of at least 4 members (excludes halogenated alkanes) is 15. The molecule has 0 aromatic heterocycles. The van der Waals surface area contributed by atoms with E-state index < -0.39 is 24.3 Å². The van der Waals surface area contributed by atoms with E-state index in [1.807, 2.05) is 12.2 Å². The van der Waals surface area contributed by atoms with Gasteiger partial charge in [-0.15, -0.1) is 0 Å². The molecule has 3 atom stereocenters. The van der Waals surface area contributed by atoms with Crippen LogP contribution in [0, 0.1) is 5.92 Å². The minimum atomic E-state index is -1.07. The second-order valence-electron chi connectivity index (χ2n) is 14.9. The highest BCUT2D eigenvalue weighted by atomic mass is 16.6. The Kier molecular flexibility index (Phi) is 36.9. The Morgan fingerprint density at radius 1 is 0.481 bits per heavy atom. The van der Waals surface area contributed by atoms with Crippen LogP contribution in [0.5, 0.6) is 0 Å². The van der Waals surface area contributed by atoms with Gasteiger partial charge in [-0.1, -0.05) is 172 Å². The summed E-state index contributed by atoms with van der Waals surface area (Å²) in [5.41, 5.74) is 0. The first kappa shape index (κ1) is 49.8. The predicted molar refractivity (Wildman–Crippen MR) is 217 cm³/mol. The molecule has 0 rings (SSSR count). The molecule has 0 aromatic carbocycles. The third kappa shape index (κ3) is 37.5. The van der Waals surface area contributed by atoms with Crippen molar-refractivity contribution in [2.24, 2.45) is 5.92 Å². The number of aliphatic hydroxyl groups is 3. The van der Waals surface area contributed by atoms with E-state index in [2.05, 4.69) is 57.2 Å². The van der Waals surface area contributed by atoms with E-state index in [9.17, 15) is 24.9 Å². The molecule has 0 saturated heterocycles. The van der Waals surface area contributed by atoms with Crippen molar-refractivity contribution in [1.29, 1.82) is 0 Å². The number of hydrogen-bond donors (Lipinski definition) is 3. The lowest BCUT2D eigenvalue weighted by Crippen LogP contribution is -2.26. The zero-order valence-corrected chi connectivity index (χ0v) is 33.7. The number of hydrogen-bond acceptors (Lipinski definition) is 7. The minimum Gasteiger partial charge on any atom is -0.463 e. The van der Waals surface area contributed by atoms with Gasteiger partial charge in [0.2, 0.25) is 0 Å². The van der Waals surface area contributed by atoms with Crippen molar-refractivity contribution in [3.8, 4) is 0 Å². The fraction of sp³-hybridized carbons (Fsp3) is 0.778. The highest BCUT2D eigenvalue weighted by Gasteiger charge is 2.16. The molecule has 302 valence electrons. The van der Waals surface area contributed by atoms with E-state index in [1.54, 1.807) is 0 Å². The number of carbonyl (C=O) groups excluding carboxylic acids is 2. The lowest BCUT2D eigenvalue weighted by Gasteiger charge is -2.16. The van der Waals surface area contributed by atoms with Crippen LogP contribution in [0.1, 0.15) is 188 Å². The molecular weight excluding hydrogens is 652 g/mol. The first-order valence-electron chi connectivity index (χ1n) is 21.2. The summed E-state index contributed by atoms with van der Waals surface area (Å²) in [5.74, 6) is 0.00826. The molecule has 0 aromatic rings. The molecular formula is C45H80O7. The predicted octanol–water partition coefficient (Wildman–Crippen LogP) is 11.2. The van der Waals surface area contributed by atoms with Gasteiger partial charge in [0.1, 0.15) is 19.3 Å². The Morgan fingerprint density at radius 2 is 0.865 bits per heavy atom. The average molecular weight is 733 g/mol. The van der Waals surface area contributed by atoms with Gasteiger partial charge < -0.3 is 24.8 Å². The molecule has 0 heterocycles. The van der Waals surface area contributed by atoms with E-state index in [4.69, 9.17) is 9.47 Å². The molecule has 0 fully saturated rings. The quantitative estimate of drug-likeness (QED) is 0.0331. The Bertz CT molecular complexity index is 923. The topological polar surface area (TPSA) is 113 Å². The van der Waals surface area contributed by atoms with Crippen LogP contribution in [0.2, 0.25) is 0 Å². The monoisotopic (exact) mass is 733 g/mol. The number of ether oxygens (including phenoxy) is 2. The van der Waals surface area contributed by atoms with Gasteiger partial charge in [-0.25, -0.2) is 0 Å². The van der Waals surface area contributed by atoms with E-state index in [-0.39, 0.29) is 32.0 Å². The third-order valence-electron chi connectivity index (χ3n) is 9.21. The number of aliphatic hydroxyl groups excluding tert-OH is 3. The van der Waals surface area contributed by atoms with Crippen LogP contribution in [-0.4, -0.2) is 58.8 Å². The zero-order valence-electron chi connectivity index (χ0n) is 33.7. The van der Waals surface area contributed by atoms with E-state index in [0.717, 1.165) is 50.9 Å². The molecule has 0 radical (unpaired) electrons.